The molecule has 0 aliphatic rings. The van der Waals surface area contributed by atoms with Crippen LogP contribution in [-0.4, -0.2) is 33.8 Å². The van der Waals surface area contributed by atoms with Crippen LogP contribution < -0.4 is 10.6 Å². The zero-order valence-corrected chi connectivity index (χ0v) is 14.6. The first-order chi connectivity index (χ1) is 10.6. The molecular formula is C16H32N6. The van der Waals surface area contributed by atoms with Crippen molar-refractivity contribution >= 4 is 5.96 Å². The van der Waals surface area contributed by atoms with Crippen molar-refractivity contribution in [1.29, 1.82) is 0 Å². The van der Waals surface area contributed by atoms with Gasteiger partial charge in [-0.05, 0) is 19.3 Å². The first-order valence-electron chi connectivity index (χ1n) is 8.48. The second kappa shape index (κ2) is 11.0. The molecule has 0 amide bonds. The minimum atomic E-state index is 0.542. The molecule has 0 radical (unpaired) electrons. The van der Waals surface area contributed by atoms with Crippen molar-refractivity contribution in [2.45, 2.75) is 59.4 Å². The van der Waals surface area contributed by atoms with Gasteiger partial charge in [0.2, 0.25) is 0 Å². The highest BCUT2D eigenvalue weighted by molar-refractivity contribution is 5.79. The lowest BCUT2D eigenvalue weighted by molar-refractivity contribution is 0.518. The zero-order chi connectivity index (χ0) is 16.2. The van der Waals surface area contributed by atoms with Gasteiger partial charge in [-0.2, -0.15) is 0 Å². The zero-order valence-electron chi connectivity index (χ0n) is 14.6. The van der Waals surface area contributed by atoms with Gasteiger partial charge in [-0.1, -0.05) is 39.5 Å². The van der Waals surface area contributed by atoms with E-state index in [9.17, 15) is 0 Å². The van der Waals surface area contributed by atoms with E-state index in [0.717, 1.165) is 30.8 Å². The molecule has 6 heteroatoms. The lowest BCUT2D eigenvalue weighted by Gasteiger charge is -2.11. The molecule has 0 bridgehead atoms. The predicted molar refractivity (Wildman–Crippen MR) is 91.7 cm³/mol. The van der Waals surface area contributed by atoms with Crippen molar-refractivity contribution < 1.29 is 0 Å². The van der Waals surface area contributed by atoms with Gasteiger partial charge in [-0.25, -0.2) is 4.99 Å². The van der Waals surface area contributed by atoms with Crippen LogP contribution in [0.25, 0.3) is 0 Å². The Morgan fingerprint density at radius 1 is 1.23 bits per heavy atom. The SMILES string of the molecule is CCNC(=NCc1nncn1C)NCCCCCCC(C)C. The average Bonchev–Trinajstić information content (AvgIpc) is 2.88. The molecule has 1 aromatic rings. The summed E-state index contributed by atoms with van der Waals surface area (Å²) in [5.41, 5.74) is 0. The molecule has 0 saturated heterocycles. The second-order valence-electron chi connectivity index (χ2n) is 6.08. The highest BCUT2D eigenvalue weighted by Crippen LogP contribution is 2.08. The molecule has 0 saturated carbocycles. The van der Waals surface area contributed by atoms with Gasteiger partial charge in [0, 0.05) is 20.1 Å². The Kier molecular flexibility index (Phi) is 9.26. The minimum Gasteiger partial charge on any atom is -0.357 e. The van der Waals surface area contributed by atoms with Crippen LogP contribution in [0.5, 0.6) is 0 Å². The van der Waals surface area contributed by atoms with E-state index in [4.69, 9.17) is 0 Å². The van der Waals surface area contributed by atoms with Crippen molar-refractivity contribution in [3.8, 4) is 0 Å². The molecule has 6 nitrogen and oxygen atoms in total. The lowest BCUT2D eigenvalue weighted by Crippen LogP contribution is -2.37. The normalized spacial score (nSPS) is 12.0. The molecule has 0 atom stereocenters. The molecule has 0 aromatic carbocycles. The summed E-state index contributed by atoms with van der Waals surface area (Å²) in [7, 11) is 1.93. The average molecular weight is 308 g/mol. The summed E-state index contributed by atoms with van der Waals surface area (Å²) in [5, 5.41) is 14.6. The quantitative estimate of drug-likeness (QED) is 0.396. The second-order valence-corrected chi connectivity index (χ2v) is 6.08. The van der Waals surface area contributed by atoms with Gasteiger partial charge < -0.3 is 15.2 Å². The molecule has 1 aromatic heterocycles. The highest BCUT2D eigenvalue weighted by Gasteiger charge is 2.01. The Balaban J connectivity index is 2.22. The molecule has 1 heterocycles. The van der Waals surface area contributed by atoms with Crippen molar-refractivity contribution in [2.24, 2.45) is 18.0 Å². The first kappa shape index (κ1) is 18.5. The van der Waals surface area contributed by atoms with Crippen molar-refractivity contribution in [3.05, 3.63) is 12.2 Å². The van der Waals surface area contributed by atoms with Crippen LogP contribution in [-0.2, 0) is 13.6 Å². The van der Waals surface area contributed by atoms with Crippen molar-refractivity contribution in [3.63, 3.8) is 0 Å². The Morgan fingerprint density at radius 2 is 2.00 bits per heavy atom. The van der Waals surface area contributed by atoms with Gasteiger partial charge in [-0.3, -0.25) is 0 Å². The van der Waals surface area contributed by atoms with Gasteiger partial charge in [0.05, 0.1) is 0 Å². The molecule has 0 aliphatic heterocycles. The summed E-state index contributed by atoms with van der Waals surface area (Å²) in [6, 6.07) is 0. The number of aryl methyl sites for hydroxylation is 1. The maximum Gasteiger partial charge on any atom is 0.191 e. The number of aromatic nitrogens is 3. The van der Waals surface area contributed by atoms with Gasteiger partial charge >= 0.3 is 0 Å². The Bertz CT molecular complexity index is 424. The number of rotatable bonds is 10. The van der Waals surface area contributed by atoms with Gasteiger partial charge in [0.1, 0.15) is 12.9 Å². The largest absolute Gasteiger partial charge is 0.357 e. The number of nitrogens with zero attached hydrogens (tertiary/aromatic N) is 4. The summed E-state index contributed by atoms with van der Waals surface area (Å²) < 4.78 is 1.89. The number of aliphatic imine (C=N–C) groups is 1. The molecule has 126 valence electrons. The fourth-order valence-corrected chi connectivity index (χ4v) is 2.18. The monoisotopic (exact) mass is 308 g/mol. The molecular weight excluding hydrogens is 276 g/mol. The van der Waals surface area contributed by atoms with Gasteiger partial charge in [-0.15, -0.1) is 10.2 Å². The van der Waals surface area contributed by atoms with Crippen LogP contribution in [0.4, 0.5) is 0 Å². The number of guanidine groups is 1. The van der Waals surface area contributed by atoms with Crippen molar-refractivity contribution in [2.75, 3.05) is 13.1 Å². The van der Waals surface area contributed by atoms with E-state index >= 15 is 0 Å². The number of unbranched alkanes of at least 4 members (excludes halogenated alkanes) is 3. The maximum absolute atomic E-state index is 4.55. The Hall–Kier alpha value is -1.59. The predicted octanol–water partition coefficient (Wildman–Crippen LogP) is 2.48. The van der Waals surface area contributed by atoms with Gasteiger partial charge in [0.15, 0.2) is 11.8 Å². The van der Waals surface area contributed by atoms with E-state index in [2.05, 4.69) is 46.6 Å². The van der Waals surface area contributed by atoms with E-state index in [-0.39, 0.29) is 0 Å². The Labute approximate surface area is 134 Å². The fourth-order valence-electron chi connectivity index (χ4n) is 2.18. The summed E-state index contributed by atoms with van der Waals surface area (Å²) in [6.07, 6.45) is 8.18. The van der Waals surface area contributed by atoms with Crippen LogP contribution in [0, 0.1) is 5.92 Å². The summed E-state index contributed by atoms with van der Waals surface area (Å²) in [4.78, 5) is 4.55. The summed E-state index contributed by atoms with van der Waals surface area (Å²) >= 11 is 0. The van der Waals surface area contributed by atoms with E-state index in [0.29, 0.717) is 6.54 Å². The van der Waals surface area contributed by atoms with Crippen LogP contribution in [0.15, 0.2) is 11.3 Å². The van der Waals surface area contributed by atoms with E-state index in [1.165, 1.54) is 32.1 Å². The smallest absolute Gasteiger partial charge is 0.191 e. The lowest BCUT2D eigenvalue weighted by atomic mass is 10.0. The number of hydrogen-bond donors (Lipinski definition) is 2. The van der Waals surface area contributed by atoms with Crippen LogP contribution >= 0.6 is 0 Å². The van der Waals surface area contributed by atoms with Crippen LogP contribution in [0.1, 0.15) is 58.7 Å². The Morgan fingerprint density at radius 3 is 2.64 bits per heavy atom. The summed E-state index contributed by atoms with van der Waals surface area (Å²) in [5.74, 6) is 2.55. The maximum atomic E-state index is 4.55. The fraction of sp³-hybridized carbons (Fsp3) is 0.812. The first-order valence-corrected chi connectivity index (χ1v) is 8.48. The third-order valence-corrected chi connectivity index (χ3v) is 3.53. The third kappa shape index (κ3) is 8.00. The highest BCUT2D eigenvalue weighted by atomic mass is 15.3. The minimum absolute atomic E-state index is 0.542. The van der Waals surface area contributed by atoms with Crippen LogP contribution in [0.3, 0.4) is 0 Å². The summed E-state index contributed by atoms with van der Waals surface area (Å²) in [6.45, 7) is 9.02. The molecule has 0 spiro atoms. The molecule has 0 aliphatic carbocycles. The number of nitrogens with one attached hydrogen (secondary N) is 2. The number of hydrogen-bond acceptors (Lipinski definition) is 3. The molecule has 0 unspecified atom stereocenters. The molecule has 1 rings (SSSR count). The van der Waals surface area contributed by atoms with Crippen LogP contribution in [0.2, 0.25) is 0 Å². The standard InChI is InChI=1S/C16H32N6/c1-5-17-16(19-12-15-21-20-13-22(15)4)18-11-9-7-6-8-10-14(2)3/h13-14H,5-12H2,1-4H3,(H2,17,18,19). The molecule has 2 N–H and O–H groups in total. The molecule has 22 heavy (non-hydrogen) atoms. The van der Waals surface area contributed by atoms with Crippen molar-refractivity contribution in [1.82, 2.24) is 25.4 Å². The third-order valence-electron chi connectivity index (χ3n) is 3.53. The van der Waals surface area contributed by atoms with E-state index < -0.39 is 0 Å². The topological polar surface area (TPSA) is 67.1 Å². The van der Waals surface area contributed by atoms with E-state index in [1.54, 1.807) is 6.33 Å². The van der Waals surface area contributed by atoms with Gasteiger partial charge in [0.25, 0.3) is 0 Å². The molecule has 0 fully saturated rings. The van der Waals surface area contributed by atoms with E-state index in [1.807, 2.05) is 11.6 Å².